The molecule has 0 saturated carbocycles. The zero-order valence-electron chi connectivity index (χ0n) is 21.5. The van der Waals surface area contributed by atoms with E-state index < -0.39 is 10.0 Å². The van der Waals surface area contributed by atoms with Crippen LogP contribution in [0.2, 0.25) is 0 Å². The summed E-state index contributed by atoms with van der Waals surface area (Å²) in [5, 5.41) is 7.44. The average molecular weight is 528 g/mol. The van der Waals surface area contributed by atoms with Gasteiger partial charge >= 0.3 is 0 Å². The maximum Gasteiger partial charge on any atom is 0.263 e. The van der Waals surface area contributed by atoms with E-state index in [-0.39, 0.29) is 0 Å². The highest BCUT2D eigenvalue weighted by molar-refractivity contribution is 7.89. The van der Waals surface area contributed by atoms with Gasteiger partial charge in [-0.05, 0) is 42.3 Å². The van der Waals surface area contributed by atoms with Crippen LogP contribution >= 0.6 is 0 Å². The number of anilines is 1. The first-order chi connectivity index (χ1) is 18.4. The van der Waals surface area contributed by atoms with Crippen molar-refractivity contribution in [3.8, 4) is 11.3 Å². The average Bonchev–Trinajstić information content (AvgIpc) is 3.37. The number of aromatic nitrogens is 3. The Balaban J connectivity index is 1.36. The van der Waals surface area contributed by atoms with E-state index >= 15 is 0 Å². The molecule has 0 N–H and O–H groups in total. The van der Waals surface area contributed by atoms with Gasteiger partial charge in [-0.1, -0.05) is 66.2 Å². The first-order valence-corrected chi connectivity index (χ1v) is 14.4. The first-order valence-electron chi connectivity index (χ1n) is 12.9. The number of piperazine rings is 1. The van der Waals surface area contributed by atoms with Gasteiger partial charge in [-0.2, -0.15) is 9.29 Å². The number of sulfonamides is 1. The molecule has 9 heteroatoms. The Labute approximate surface area is 222 Å². The molecule has 0 spiro atoms. The Bertz CT molecular complexity index is 1720. The van der Waals surface area contributed by atoms with Crippen LogP contribution in [0.15, 0.2) is 76.1 Å². The molecule has 0 amide bonds. The first kappa shape index (κ1) is 24.5. The summed E-state index contributed by atoms with van der Waals surface area (Å²) in [6.45, 7) is 5.77. The van der Waals surface area contributed by atoms with Gasteiger partial charge in [0.25, 0.3) is 5.71 Å². The minimum atomic E-state index is -3.56. The van der Waals surface area contributed by atoms with E-state index in [1.807, 2.05) is 37.3 Å². The van der Waals surface area contributed by atoms with Crippen molar-refractivity contribution in [2.75, 3.05) is 31.1 Å². The summed E-state index contributed by atoms with van der Waals surface area (Å²) in [7, 11) is -3.56. The molecule has 3 heterocycles. The fraction of sp³-hybridized carbons (Fsp3) is 0.276. The molecule has 0 atom stereocenters. The van der Waals surface area contributed by atoms with Crippen molar-refractivity contribution in [2.24, 2.45) is 0 Å². The zero-order chi connectivity index (χ0) is 26.3. The van der Waals surface area contributed by atoms with E-state index in [4.69, 9.17) is 9.51 Å². The van der Waals surface area contributed by atoms with Crippen LogP contribution in [-0.2, 0) is 16.4 Å². The quantitative estimate of drug-likeness (QED) is 0.299. The molecule has 1 aliphatic heterocycles. The number of aryl methyl sites for hydroxylation is 2. The summed E-state index contributed by atoms with van der Waals surface area (Å²) < 4.78 is 33.8. The van der Waals surface area contributed by atoms with Crippen molar-refractivity contribution in [3.05, 3.63) is 78.1 Å². The molecule has 1 saturated heterocycles. The van der Waals surface area contributed by atoms with E-state index in [1.165, 1.54) is 0 Å². The lowest BCUT2D eigenvalue weighted by Crippen LogP contribution is -2.49. The summed E-state index contributed by atoms with van der Waals surface area (Å²) in [5.74, 6) is 1.45. The van der Waals surface area contributed by atoms with Crippen LogP contribution in [0.5, 0.6) is 0 Å². The van der Waals surface area contributed by atoms with Crippen LogP contribution < -0.4 is 4.90 Å². The maximum atomic E-state index is 13.3. The minimum absolute atomic E-state index is 0.323. The molecule has 0 unspecified atom stereocenters. The van der Waals surface area contributed by atoms with Gasteiger partial charge in [-0.3, -0.25) is 0 Å². The maximum absolute atomic E-state index is 13.3. The van der Waals surface area contributed by atoms with E-state index in [9.17, 15) is 8.42 Å². The van der Waals surface area contributed by atoms with Gasteiger partial charge in [0.05, 0.1) is 4.90 Å². The predicted molar refractivity (Wildman–Crippen MR) is 149 cm³/mol. The summed E-state index contributed by atoms with van der Waals surface area (Å²) in [6, 6.07) is 21.4. The third-order valence-corrected chi connectivity index (χ3v) is 8.97. The lowest BCUT2D eigenvalue weighted by Gasteiger charge is -2.35. The van der Waals surface area contributed by atoms with Crippen LogP contribution in [0.4, 0.5) is 5.82 Å². The molecule has 38 heavy (non-hydrogen) atoms. The summed E-state index contributed by atoms with van der Waals surface area (Å²) in [4.78, 5) is 12.0. The summed E-state index contributed by atoms with van der Waals surface area (Å²) in [6.07, 6.45) is 1.62. The lowest BCUT2D eigenvalue weighted by atomic mass is 10.0. The molecule has 3 aromatic carbocycles. The van der Waals surface area contributed by atoms with Crippen molar-refractivity contribution >= 4 is 37.7 Å². The fourth-order valence-electron chi connectivity index (χ4n) is 4.98. The smallest absolute Gasteiger partial charge is 0.263 e. The van der Waals surface area contributed by atoms with Gasteiger partial charge in [0, 0.05) is 38.2 Å². The van der Waals surface area contributed by atoms with E-state index in [1.54, 1.807) is 16.4 Å². The predicted octanol–water partition coefficient (Wildman–Crippen LogP) is 5.21. The molecule has 0 aliphatic carbocycles. The standard InChI is InChI=1S/C29H29N5O3S/c1-3-6-25-30-28(33-15-17-34(18-16-33)38(35,36)24-13-9-20(2)10-14-24)26-27(32-37-29(26)31-25)23-12-11-21-7-4-5-8-22(21)19-23/h4-5,7-14,19H,3,6,15-18H2,1-2H3. The molecular formula is C29H29N5O3S. The Morgan fingerprint density at radius 1 is 0.895 bits per heavy atom. The van der Waals surface area contributed by atoms with Gasteiger partial charge in [0.15, 0.2) is 0 Å². The molecule has 1 aliphatic rings. The SMILES string of the molecule is CCCc1nc(N2CCN(S(=O)(=O)c3ccc(C)cc3)CC2)c2c(-c3ccc4ccccc4c3)noc2n1. The van der Waals surface area contributed by atoms with Crippen molar-refractivity contribution in [2.45, 2.75) is 31.6 Å². The Morgan fingerprint density at radius 3 is 2.37 bits per heavy atom. The van der Waals surface area contributed by atoms with Crippen LogP contribution in [0.25, 0.3) is 33.1 Å². The third kappa shape index (κ3) is 4.41. The zero-order valence-corrected chi connectivity index (χ0v) is 22.3. The summed E-state index contributed by atoms with van der Waals surface area (Å²) in [5.41, 5.74) is 3.10. The van der Waals surface area contributed by atoms with E-state index in [0.717, 1.165) is 45.9 Å². The highest BCUT2D eigenvalue weighted by Gasteiger charge is 2.31. The molecule has 8 nitrogen and oxygen atoms in total. The van der Waals surface area contributed by atoms with E-state index in [0.29, 0.717) is 48.3 Å². The van der Waals surface area contributed by atoms with Crippen LogP contribution in [0, 0.1) is 6.92 Å². The molecule has 2 aromatic heterocycles. The minimum Gasteiger partial charge on any atom is -0.353 e. The van der Waals surface area contributed by atoms with Crippen molar-refractivity contribution < 1.29 is 12.9 Å². The molecule has 0 bridgehead atoms. The van der Waals surface area contributed by atoms with Crippen molar-refractivity contribution in [1.82, 2.24) is 19.4 Å². The third-order valence-electron chi connectivity index (χ3n) is 7.06. The highest BCUT2D eigenvalue weighted by Crippen LogP contribution is 2.35. The fourth-order valence-corrected chi connectivity index (χ4v) is 6.40. The molecule has 5 aromatic rings. The molecule has 0 radical (unpaired) electrons. The second-order valence-electron chi connectivity index (χ2n) is 9.69. The van der Waals surface area contributed by atoms with Gasteiger partial charge < -0.3 is 9.42 Å². The second kappa shape index (κ2) is 9.81. The van der Waals surface area contributed by atoms with Crippen molar-refractivity contribution in [3.63, 3.8) is 0 Å². The van der Waals surface area contributed by atoms with Crippen molar-refractivity contribution in [1.29, 1.82) is 0 Å². The Morgan fingerprint density at radius 2 is 1.63 bits per heavy atom. The molecule has 194 valence electrons. The van der Waals surface area contributed by atoms with Crippen LogP contribution in [-0.4, -0.2) is 54.0 Å². The normalized spacial score (nSPS) is 14.9. The molecule has 1 fully saturated rings. The number of hydrogen-bond acceptors (Lipinski definition) is 7. The van der Waals surface area contributed by atoms with Crippen LogP contribution in [0.3, 0.4) is 0 Å². The monoisotopic (exact) mass is 527 g/mol. The number of hydrogen-bond donors (Lipinski definition) is 0. The largest absolute Gasteiger partial charge is 0.353 e. The number of benzene rings is 3. The van der Waals surface area contributed by atoms with Gasteiger partial charge in [-0.25, -0.2) is 13.4 Å². The van der Waals surface area contributed by atoms with Crippen LogP contribution in [0.1, 0.15) is 24.7 Å². The molecule has 6 rings (SSSR count). The van der Waals surface area contributed by atoms with Gasteiger partial charge in [0.2, 0.25) is 10.0 Å². The highest BCUT2D eigenvalue weighted by atomic mass is 32.2. The molecular weight excluding hydrogens is 498 g/mol. The topological polar surface area (TPSA) is 92.4 Å². The van der Waals surface area contributed by atoms with Gasteiger partial charge in [-0.15, -0.1) is 0 Å². The number of fused-ring (bicyclic) bond motifs is 2. The number of nitrogens with zero attached hydrogens (tertiary/aromatic N) is 5. The lowest BCUT2D eigenvalue weighted by molar-refractivity contribution is 0.384. The van der Waals surface area contributed by atoms with Gasteiger partial charge in [0.1, 0.15) is 22.7 Å². The second-order valence-corrected chi connectivity index (χ2v) is 11.6. The Kier molecular flexibility index (Phi) is 6.33. The summed E-state index contributed by atoms with van der Waals surface area (Å²) >= 11 is 0. The Hall–Kier alpha value is -3.82. The van der Waals surface area contributed by atoms with E-state index in [2.05, 4.69) is 46.2 Å². The number of rotatable bonds is 6.